The van der Waals surface area contributed by atoms with Gasteiger partial charge in [0.05, 0.1) is 30.3 Å². The van der Waals surface area contributed by atoms with Crippen LogP contribution in [-0.4, -0.2) is 69.4 Å². The minimum Gasteiger partial charge on any atom is -0.379 e. The third-order valence-corrected chi connectivity index (χ3v) is 5.16. The summed E-state index contributed by atoms with van der Waals surface area (Å²) in [6.45, 7) is 5.63. The molecule has 1 aliphatic heterocycles. The number of fused-ring (bicyclic) bond motifs is 2. The maximum Gasteiger partial charge on any atom is 0.231 e. The Bertz CT molecular complexity index is 1100. The van der Waals surface area contributed by atoms with E-state index in [0.29, 0.717) is 5.95 Å². The van der Waals surface area contributed by atoms with Gasteiger partial charge in [0.25, 0.3) is 0 Å². The van der Waals surface area contributed by atoms with Crippen LogP contribution < -0.4 is 10.6 Å². The molecule has 3 aromatic heterocycles. The summed E-state index contributed by atoms with van der Waals surface area (Å²) >= 11 is 0. The van der Waals surface area contributed by atoms with Gasteiger partial charge in [0.1, 0.15) is 11.5 Å². The van der Waals surface area contributed by atoms with Gasteiger partial charge < -0.3 is 20.4 Å². The molecular weight excluding hydrogens is 368 g/mol. The molecule has 0 atom stereocenters. The highest BCUT2D eigenvalue weighted by Gasteiger charge is 2.11. The summed E-state index contributed by atoms with van der Waals surface area (Å²) in [4.78, 5) is 14.9. The molecule has 1 fully saturated rings. The summed E-state index contributed by atoms with van der Waals surface area (Å²) in [5, 5.41) is 15.9. The molecule has 0 spiro atoms. The lowest BCUT2D eigenvalue weighted by atomic mass is 10.2. The molecule has 0 radical (unpaired) electrons. The highest BCUT2D eigenvalue weighted by Crippen LogP contribution is 2.24. The van der Waals surface area contributed by atoms with E-state index in [-0.39, 0.29) is 0 Å². The molecule has 1 aromatic carbocycles. The van der Waals surface area contributed by atoms with E-state index in [1.54, 1.807) is 6.20 Å². The maximum absolute atomic E-state index is 5.41. The van der Waals surface area contributed by atoms with Crippen LogP contribution in [0.1, 0.15) is 6.42 Å². The van der Waals surface area contributed by atoms with Gasteiger partial charge in [0.15, 0.2) is 0 Å². The molecule has 4 aromatic rings. The van der Waals surface area contributed by atoms with Crippen molar-refractivity contribution in [2.45, 2.75) is 6.42 Å². The Kier molecular flexibility index (Phi) is 4.97. The molecule has 1 aliphatic rings. The Morgan fingerprint density at radius 2 is 2.07 bits per heavy atom. The molecule has 0 bridgehead atoms. The summed E-state index contributed by atoms with van der Waals surface area (Å²) < 4.78 is 5.41. The van der Waals surface area contributed by atoms with Gasteiger partial charge in [-0.2, -0.15) is 15.1 Å². The van der Waals surface area contributed by atoms with E-state index in [9.17, 15) is 0 Å². The first kappa shape index (κ1) is 17.9. The fourth-order valence-corrected chi connectivity index (χ4v) is 3.61. The number of aromatic amines is 2. The van der Waals surface area contributed by atoms with E-state index in [1.165, 1.54) is 0 Å². The number of morpholine rings is 1. The van der Waals surface area contributed by atoms with E-state index < -0.39 is 0 Å². The zero-order valence-corrected chi connectivity index (χ0v) is 16.1. The molecule has 0 unspecified atom stereocenters. The molecule has 9 nitrogen and oxygen atoms in total. The van der Waals surface area contributed by atoms with Gasteiger partial charge in [0, 0.05) is 36.9 Å². The number of hydrogen-bond acceptors (Lipinski definition) is 7. The van der Waals surface area contributed by atoms with Crippen LogP contribution in [0.15, 0.2) is 36.7 Å². The Hall–Kier alpha value is -3.17. The number of nitrogens with zero attached hydrogens (tertiary/aromatic N) is 4. The number of ether oxygens (including phenoxy) is 1. The Morgan fingerprint density at radius 3 is 3.00 bits per heavy atom. The average Bonchev–Trinajstić information content (AvgIpc) is 3.41. The van der Waals surface area contributed by atoms with Gasteiger partial charge in [-0.05, 0) is 37.2 Å². The van der Waals surface area contributed by atoms with Crippen LogP contribution in [0.2, 0.25) is 0 Å². The fraction of sp³-hybridized carbons (Fsp3) is 0.350. The van der Waals surface area contributed by atoms with Crippen molar-refractivity contribution < 1.29 is 4.74 Å². The average molecular weight is 392 g/mol. The van der Waals surface area contributed by atoms with Crippen LogP contribution in [0.3, 0.4) is 0 Å². The highest BCUT2D eigenvalue weighted by atomic mass is 16.5. The van der Waals surface area contributed by atoms with Crippen LogP contribution in [0.4, 0.5) is 17.5 Å². The van der Waals surface area contributed by atoms with E-state index in [2.05, 4.69) is 35.7 Å². The van der Waals surface area contributed by atoms with Crippen molar-refractivity contribution >= 4 is 39.4 Å². The summed E-state index contributed by atoms with van der Waals surface area (Å²) in [7, 11) is 0. The van der Waals surface area contributed by atoms with Crippen LogP contribution in [0, 0.1) is 0 Å². The van der Waals surface area contributed by atoms with E-state index in [0.717, 1.165) is 79.3 Å². The van der Waals surface area contributed by atoms with Crippen molar-refractivity contribution in [3.63, 3.8) is 0 Å². The van der Waals surface area contributed by atoms with E-state index in [4.69, 9.17) is 9.72 Å². The zero-order valence-electron chi connectivity index (χ0n) is 16.1. The second-order valence-electron chi connectivity index (χ2n) is 7.17. The van der Waals surface area contributed by atoms with Gasteiger partial charge in [-0.25, -0.2) is 0 Å². The number of H-pyrrole nitrogens is 2. The topological polar surface area (TPSA) is 107 Å². The number of aromatic nitrogens is 5. The number of anilines is 3. The highest BCUT2D eigenvalue weighted by molar-refractivity contribution is 5.88. The minimum atomic E-state index is 0.550. The molecule has 4 heterocycles. The SMILES string of the molecule is c1cc2c(NCCCN3CCOCC3)nc(Nc3ccc4cn[nH]c4c3)nc2[nH]1. The van der Waals surface area contributed by atoms with E-state index >= 15 is 0 Å². The number of benzene rings is 1. The molecule has 0 saturated carbocycles. The monoisotopic (exact) mass is 392 g/mol. The fourth-order valence-electron chi connectivity index (χ4n) is 3.61. The Balaban J connectivity index is 1.28. The van der Waals surface area contributed by atoms with E-state index in [1.807, 2.05) is 30.5 Å². The minimum absolute atomic E-state index is 0.550. The van der Waals surface area contributed by atoms with Gasteiger partial charge >= 0.3 is 0 Å². The smallest absolute Gasteiger partial charge is 0.231 e. The van der Waals surface area contributed by atoms with Crippen molar-refractivity contribution in [3.8, 4) is 0 Å². The lowest BCUT2D eigenvalue weighted by Crippen LogP contribution is -2.37. The molecular formula is C20H24N8O. The number of nitrogens with one attached hydrogen (secondary N) is 4. The molecule has 4 N–H and O–H groups in total. The second kappa shape index (κ2) is 8.06. The van der Waals surface area contributed by atoms with Crippen molar-refractivity contribution in [1.29, 1.82) is 0 Å². The molecule has 9 heteroatoms. The van der Waals surface area contributed by atoms with Crippen LogP contribution in [0.25, 0.3) is 21.9 Å². The summed E-state index contributed by atoms with van der Waals surface area (Å²) in [6.07, 6.45) is 4.74. The Labute approximate surface area is 167 Å². The van der Waals surface area contributed by atoms with Gasteiger partial charge in [-0.15, -0.1) is 0 Å². The van der Waals surface area contributed by atoms with Crippen molar-refractivity contribution in [3.05, 3.63) is 36.7 Å². The number of hydrogen-bond donors (Lipinski definition) is 4. The first-order valence-electron chi connectivity index (χ1n) is 9.94. The van der Waals surface area contributed by atoms with Gasteiger partial charge in [-0.3, -0.25) is 10.00 Å². The number of rotatable bonds is 7. The quantitative estimate of drug-likeness (QED) is 0.358. The van der Waals surface area contributed by atoms with Gasteiger partial charge in [0.2, 0.25) is 5.95 Å². The normalized spacial score (nSPS) is 15.2. The summed E-state index contributed by atoms with van der Waals surface area (Å²) in [6, 6.07) is 8.01. The first-order chi connectivity index (χ1) is 14.3. The van der Waals surface area contributed by atoms with Gasteiger partial charge in [-0.1, -0.05) is 0 Å². The zero-order chi connectivity index (χ0) is 19.5. The molecule has 29 heavy (non-hydrogen) atoms. The summed E-state index contributed by atoms with van der Waals surface area (Å²) in [5.41, 5.74) is 2.68. The lowest BCUT2D eigenvalue weighted by molar-refractivity contribution is 0.0378. The van der Waals surface area contributed by atoms with Crippen molar-refractivity contribution in [1.82, 2.24) is 30.0 Å². The predicted molar refractivity (Wildman–Crippen MR) is 114 cm³/mol. The lowest BCUT2D eigenvalue weighted by Gasteiger charge is -2.26. The largest absolute Gasteiger partial charge is 0.379 e. The first-order valence-corrected chi connectivity index (χ1v) is 9.94. The third-order valence-electron chi connectivity index (χ3n) is 5.16. The second-order valence-corrected chi connectivity index (χ2v) is 7.17. The molecule has 150 valence electrons. The third kappa shape index (κ3) is 4.01. The predicted octanol–water partition coefficient (Wildman–Crippen LogP) is 2.71. The van der Waals surface area contributed by atoms with Crippen LogP contribution in [-0.2, 0) is 4.74 Å². The summed E-state index contributed by atoms with van der Waals surface area (Å²) in [5.74, 6) is 1.39. The molecule has 5 rings (SSSR count). The molecule has 0 amide bonds. The molecule has 1 saturated heterocycles. The van der Waals surface area contributed by atoms with Crippen LogP contribution in [0.5, 0.6) is 0 Å². The van der Waals surface area contributed by atoms with Crippen LogP contribution >= 0.6 is 0 Å². The maximum atomic E-state index is 5.41. The van der Waals surface area contributed by atoms with Crippen molar-refractivity contribution in [2.75, 3.05) is 50.0 Å². The standard InChI is InChI=1S/C20H24N8O/c1(7-28-8-10-29-11-9-28)5-21-18-16-4-6-22-19(16)26-20(25-18)24-15-3-2-14-13-23-27-17(14)12-15/h2-4,6,12-13H,1,5,7-11H2,(H,23,27)(H3,21,22,24,25,26). The molecule has 0 aliphatic carbocycles. The van der Waals surface area contributed by atoms with Crippen molar-refractivity contribution in [2.24, 2.45) is 0 Å². The Morgan fingerprint density at radius 1 is 1.14 bits per heavy atom.